The number of hydrogen-bond acceptors (Lipinski definition) is 3. The number of likely N-dealkylation sites (tertiary alicyclic amines) is 2. The van der Waals surface area contributed by atoms with Gasteiger partial charge in [0.05, 0.1) is 6.61 Å². The van der Waals surface area contributed by atoms with E-state index in [0.717, 1.165) is 67.6 Å². The minimum absolute atomic E-state index is 0.195. The van der Waals surface area contributed by atoms with Gasteiger partial charge in [0.25, 0.3) is 5.91 Å². The molecule has 1 aromatic rings. The van der Waals surface area contributed by atoms with Crippen molar-refractivity contribution in [3.05, 3.63) is 29.8 Å². The number of rotatable bonds is 6. The van der Waals surface area contributed by atoms with Crippen LogP contribution in [0.15, 0.2) is 24.3 Å². The standard InChI is InChI=1S/C24H34N2O2/c27-24(26-16-21-6-2-7-22(21)17-26)18-8-10-23(11-9-18)28-13-3-12-25-14-19-4-1-5-20(19)15-25/h8-11,19-22H,1-7,12-17H2. The predicted octanol–water partition coefficient (Wildman–Crippen LogP) is 4.06. The van der Waals surface area contributed by atoms with Crippen LogP contribution in [0.3, 0.4) is 0 Å². The molecule has 0 aromatic heterocycles. The van der Waals surface area contributed by atoms with Crippen LogP contribution < -0.4 is 4.74 Å². The van der Waals surface area contributed by atoms with Crippen molar-refractivity contribution in [1.82, 2.24) is 9.80 Å². The Balaban J connectivity index is 1.05. The number of nitrogens with zero attached hydrogens (tertiary/aromatic N) is 2. The zero-order chi connectivity index (χ0) is 18.9. The molecule has 2 aliphatic heterocycles. The predicted molar refractivity (Wildman–Crippen MR) is 111 cm³/mol. The van der Waals surface area contributed by atoms with Crippen LogP contribution in [0.5, 0.6) is 5.75 Å². The summed E-state index contributed by atoms with van der Waals surface area (Å²) in [6.45, 7) is 6.44. The van der Waals surface area contributed by atoms with Crippen molar-refractivity contribution in [2.75, 3.05) is 39.3 Å². The summed E-state index contributed by atoms with van der Waals surface area (Å²) in [5, 5.41) is 0. The van der Waals surface area contributed by atoms with Crippen LogP contribution in [0, 0.1) is 23.7 Å². The third-order valence-corrected chi connectivity index (χ3v) is 7.80. The number of hydrogen-bond donors (Lipinski definition) is 0. The fourth-order valence-electron chi connectivity index (χ4n) is 6.27. The molecule has 2 saturated carbocycles. The molecule has 1 aromatic carbocycles. The third-order valence-electron chi connectivity index (χ3n) is 7.80. The molecule has 0 bridgehead atoms. The van der Waals surface area contributed by atoms with Gasteiger partial charge in [0.2, 0.25) is 0 Å². The molecule has 4 unspecified atom stereocenters. The molecule has 2 heterocycles. The normalized spacial score (nSPS) is 31.9. The van der Waals surface area contributed by atoms with Gasteiger partial charge in [-0.3, -0.25) is 4.79 Å². The summed E-state index contributed by atoms with van der Waals surface area (Å²) in [6.07, 6.45) is 9.38. The second-order valence-electron chi connectivity index (χ2n) is 9.60. The highest BCUT2D eigenvalue weighted by molar-refractivity contribution is 5.94. The lowest BCUT2D eigenvalue weighted by atomic mass is 10.0. The molecule has 28 heavy (non-hydrogen) atoms. The van der Waals surface area contributed by atoms with Gasteiger partial charge >= 0.3 is 0 Å². The summed E-state index contributed by atoms with van der Waals surface area (Å²) >= 11 is 0. The lowest BCUT2D eigenvalue weighted by molar-refractivity contribution is 0.0780. The first-order valence-electron chi connectivity index (χ1n) is 11.5. The summed E-state index contributed by atoms with van der Waals surface area (Å²) in [4.78, 5) is 17.5. The molecule has 1 amide bonds. The number of carbonyl (C=O) groups excluding carboxylic acids is 1. The van der Waals surface area contributed by atoms with E-state index in [0.29, 0.717) is 0 Å². The molecule has 0 N–H and O–H groups in total. The highest BCUT2D eigenvalue weighted by Crippen LogP contribution is 2.38. The number of ether oxygens (including phenoxy) is 1. The summed E-state index contributed by atoms with van der Waals surface area (Å²) in [7, 11) is 0. The molecule has 4 fully saturated rings. The first-order chi connectivity index (χ1) is 13.8. The molecule has 4 nitrogen and oxygen atoms in total. The molecule has 0 spiro atoms. The van der Waals surface area contributed by atoms with Gasteiger partial charge in [0, 0.05) is 38.3 Å². The van der Waals surface area contributed by atoms with Crippen LogP contribution in [0.4, 0.5) is 0 Å². The van der Waals surface area contributed by atoms with E-state index in [1.165, 1.54) is 51.6 Å². The van der Waals surface area contributed by atoms with Crippen LogP contribution >= 0.6 is 0 Å². The fraction of sp³-hybridized carbons (Fsp3) is 0.708. The van der Waals surface area contributed by atoms with Gasteiger partial charge < -0.3 is 14.5 Å². The van der Waals surface area contributed by atoms with Crippen LogP contribution in [0.2, 0.25) is 0 Å². The van der Waals surface area contributed by atoms with Gasteiger partial charge in [-0.25, -0.2) is 0 Å². The van der Waals surface area contributed by atoms with E-state index < -0.39 is 0 Å². The van der Waals surface area contributed by atoms with E-state index >= 15 is 0 Å². The van der Waals surface area contributed by atoms with E-state index in [2.05, 4.69) is 9.80 Å². The van der Waals surface area contributed by atoms with Gasteiger partial charge in [0.15, 0.2) is 0 Å². The maximum atomic E-state index is 12.8. The lowest BCUT2D eigenvalue weighted by Gasteiger charge is -2.18. The van der Waals surface area contributed by atoms with E-state index in [-0.39, 0.29) is 5.91 Å². The lowest BCUT2D eigenvalue weighted by Crippen LogP contribution is -2.29. The van der Waals surface area contributed by atoms with Crippen LogP contribution in [0.1, 0.15) is 55.3 Å². The van der Waals surface area contributed by atoms with Crippen LogP contribution in [0.25, 0.3) is 0 Å². The molecule has 152 valence electrons. The highest BCUT2D eigenvalue weighted by atomic mass is 16.5. The minimum atomic E-state index is 0.195. The third kappa shape index (κ3) is 3.80. The molecule has 0 radical (unpaired) electrons. The Morgan fingerprint density at radius 3 is 2.04 bits per heavy atom. The summed E-state index contributed by atoms with van der Waals surface area (Å²) < 4.78 is 5.93. The first-order valence-corrected chi connectivity index (χ1v) is 11.5. The van der Waals surface area contributed by atoms with Crippen molar-refractivity contribution >= 4 is 5.91 Å². The molecule has 4 aliphatic rings. The Hall–Kier alpha value is -1.55. The maximum Gasteiger partial charge on any atom is 0.253 e. The zero-order valence-corrected chi connectivity index (χ0v) is 17.0. The van der Waals surface area contributed by atoms with Crippen molar-refractivity contribution in [3.63, 3.8) is 0 Å². The largest absolute Gasteiger partial charge is 0.494 e. The van der Waals surface area contributed by atoms with E-state index in [9.17, 15) is 4.79 Å². The summed E-state index contributed by atoms with van der Waals surface area (Å²) in [5.41, 5.74) is 0.802. The zero-order valence-electron chi connectivity index (χ0n) is 17.0. The maximum absolute atomic E-state index is 12.8. The SMILES string of the molecule is O=C(c1ccc(OCCCN2CC3CCCC3C2)cc1)N1CC2CCCC2C1. The Morgan fingerprint density at radius 2 is 1.43 bits per heavy atom. The first kappa shape index (κ1) is 18.5. The van der Waals surface area contributed by atoms with Crippen molar-refractivity contribution in [2.45, 2.75) is 44.9 Å². The Kier molecular flexibility index (Phi) is 5.32. The average molecular weight is 383 g/mol. The number of carbonyl (C=O) groups is 1. The summed E-state index contributed by atoms with van der Waals surface area (Å²) in [5.74, 6) is 4.53. The number of benzene rings is 1. The van der Waals surface area contributed by atoms with E-state index in [1.807, 2.05) is 24.3 Å². The smallest absolute Gasteiger partial charge is 0.253 e. The van der Waals surface area contributed by atoms with Gasteiger partial charge in [0.1, 0.15) is 5.75 Å². The Morgan fingerprint density at radius 1 is 0.857 bits per heavy atom. The molecule has 2 saturated heterocycles. The molecule has 5 rings (SSSR count). The molecular weight excluding hydrogens is 348 g/mol. The summed E-state index contributed by atoms with van der Waals surface area (Å²) in [6, 6.07) is 7.80. The van der Waals surface area contributed by atoms with E-state index in [4.69, 9.17) is 4.74 Å². The van der Waals surface area contributed by atoms with Crippen molar-refractivity contribution in [2.24, 2.45) is 23.7 Å². The number of amides is 1. The second kappa shape index (κ2) is 8.06. The number of fused-ring (bicyclic) bond motifs is 2. The topological polar surface area (TPSA) is 32.8 Å². The monoisotopic (exact) mass is 382 g/mol. The van der Waals surface area contributed by atoms with Gasteiger partial charge in [-0.15, -0.1) is 0 Å². The molecule has 4 atom stereocenters. The molecule has 2 aliphatic carbocycles. The highest BCUT2D eigenvalue weighted by Gasteiger charge is 2.38. The quantitative estimate of drug-likeness (QED) is 0.696. The molecule has 4 heteroatoms. The van der Waals surface area contributed by atoms with Crippen molar-refractivity contribution in [3.8, 4) is 5.75 Å². The fourth-order valence-corrected chi connectivity index (χ4v) is 6.27. The van der Waals surface area contributed by atoms with Gasteiger partial charge in [-0.05, 0) is 80.0 Å². The van der Waals surface area contributed by atoms with Gasteiger partial charge in [-0.2, -0.15) is 0 Å². The Bertz CT molecular complexity index is 664. The second-order valence-corrected chi connectivity index (χ2v) is 9.60. The Labute approximate surface area is 169 Å². The van der Waals surface area contributed by atoms with E-state index in [1.54, 1.807) is 0 Å². The minimum Gasteiger partial charge on any atom is -0.494 e. The van der Waals surface area contributed by atoms with Crippen molar-refractivity contribution in [1.29, 1.82) is 0 Å². The van der Waals surface area contributed by atoms with Crippen molar-refractivity contribution < 1.29 is 9.53 Å². The van der Waals surface area contributed by atoms with Gasteiger partial charge in [-0.1, -0.05) is 12.8 Å². The molecular formula is C24H34N2O2. The average Bonchev–Trinajstić information content (AvgIpc) is 3.45. The van der Waals surface area contributed by atoms with Crippen LogP contribution in [-0.4, -0.2) is 55.0 Å². The van der Waals surface area contributed by atoms with Crippen LogP contribution in [-0.2, 0) is 0 Å².